The van der Waals surface area contributed by atoms with Crippen LogP contribution in [0.2, 0.25) is 5.02 Å². The van der Waals surface area contributed by atoms with Crippen LogP contribution in [0, 0.1) is 5.41 Å². The van der Waals surface area contributed by atoms with Crippen LogP contribution in [0.5, 0.6) is 5.75 Å². The number of hydrogen-bond donors (Lipinski definition) is 0. The molecule has 4 rings (SSSR count). The van der Waals surface area contributed by atoms with Gasteiger partial charge in [-0.2, -0.15) is 0 Å². The third-order valence-electron chi connectivity index (χ3n) is 6.04. The number of esters is 1. The van der Waals surface area contributed by atoms with Crippen LogP contribution in [0.25, 0.3) is 0 Å². The number of anilines is 2. The predicted molar refractivity (Wildman–Crippen MR) is 127 cm³/mol. The third kappa shape index (κ3) is 4.90. The summed E-state index contributed by atoms with van der Waals surface area (Å²) in [7, 11) is 2.08. The molecular weight excluding hydrogens is 432 g/mol. The molecule has 0 saturated heterocycles. The topological polar surface area (TPSA) is 42.0 Å². The van der Waals surface area contributed by atoms with Gasteiger partial charge in [0.25, 0.3) is 0 Å². The summed E-state index contributed by atoms with van der Waals surface area (Å²) in [4.78, 5) is 16.1. The average Bonchev–Trinajstić information content (AvgIpc) is 2.79. The SMILES string of the molecule is CCOC(=O)C1(COc2ccc3c(c2)N(C)CN(c2ccc(Cl)cc2)S3)CCCCC1. The Bertz CT molecular complexity index is 916. The van der Waals surface area contributed by atoms with Crippen LogP contribution in [0.15, 0.2) is 47.4 Å². The highest BCUT2D eigenvalue weighted by atomic mass is 35.5. The Labute approximate surface area is 193 Å². The van der Waals surface area contributed by atoms with Gasteiger partial charge in [-0.25, -0.2) is 0 Å². The van der Waals surface area contributed by atoms with E-state index < -0.39 is 5.41 Å². The summed E-state index contributed by atoms with van der Waals surface area (Å²) in [5, 5.41) is 0.736. The van der Waals surface area contributed by atoms with E-state index in [9.17, 15) is 4.79 Å². The van der Waals surface area contributed by atoms with Gasteiger partial charge >= 0.3 is 5.97 Å². The Kier molecular flexibility index (Phi) is 6.87. The van der Waals surface area contributed by atoms with Gasteiger partial charge in [-0.05, 0) is 68.1 Å². The standard InChI is InChI=1S/C24H29ClN2O3S/c1-3-29-23(28)24(13-5-4-6-14-24)16-30-20-11-12-22-21(15-20)26(2)17-27(31-22)19-9-7-18(25)8-10-19/h7-12,15H,3-6,13-14,16-17H2,1-2H3. The Morgan fingerprint density at radius 2 is 1.87 bits per heavy atom. The molecule has 31 heavy (non-hydrogen) atoms. The molecule has 0 amide bonds. The third-order valence-corrected chi connectivity index (χ3v) is 7.38. The lowest BCUT2D eigenvalue weighted by Gasteiger charge is -2.37. The van der Waals surface area contributed by atoms with Crippen molar-refractivity contribution in [1.29, 1.82) is 0 Å². The molecular formula is C24H29ClN2O3S. The molecule has 0 spiro atoms. The number of benzene rings is 2. The Morgan fingerprint density at radius 1 is 1.13 bits per heavy atom. The lowest BCUT2D eigenvalue weighted by Crippen LogP contribution is -2.40. The van der Waals surface area contributed by atoms with Crippen molar-refractivity contribution in [2.45, 2.75) is 43.9 Å². The molecule has 0 atom stereocenters. The molecule has 0 unspecified atom stereocenters. The second kappa shape index (κ2) is 9.61. The molecule has 1 aliphatic heterocycles. The quantitative estimate of drug-likeness (QED) is 0.380. The van der Waals surface area contributed by atoms with E-state index in [1.54, 1.807) is 11.9 Å². The maximum atomic E-state index is 12.7. The fourth-order valence-corrected chi connectivity index (χ4v) is 5.52. The maximum Gasteiger partial charge on any atom is 0.315 e. The van der Waals surface area contributed by atoms with Gasteiger partial charge in [0.05, 0.1) is 17.2 Å². The van der Waals surface area contributed by atoms with Crippen LogP contribution >= 0.6 is 23.5 Å². The molecule has 1 fully saturated rings. The minimum absolute atomic E-state index is 0.112. The molecule has 1 heterocycles. The lowest BCUT2D eigenvalue weighted by molar-refractivity contribution is -0.159. The average molecular weight is 461 g/mol. The first-order valence-electron chi connectivity index (χ1n) is 10.9. The van der Waals surface area contributed by atoms with E-state index >= 15 is 0 Å². The fraction of sp³-hybridized carbons (Fsp3) is 0.458. The molecule has 0 bridgehead atoms. The molecule has 0 radical (unpaired) electrons. The van der Waals surface area contributed by atoms with Crippen LogP contribution in [0.3, 0.4) is 0 Å². The van der Waals surface area contributed by atoms with Crippen LogP contribution < -0.4 is 13.9 Å². The first kappa shape index (κ1) is 22.2. The van der Waals surface area contributed by atoms with Crippen molar-refractivity contribution in [1.82, 2.24) is 0 Å². The summed E-state index contributed by atoms with van der Waals surface area (Å²) in [6.07, 6.45) is 4.94. The monoisotopic (exact) mass is 460 g/mol. The summed E-state index contributed by atoms with van der Waals surface area (Å²) in [5.41, 5.74) is 1.72. The molecule has 2 aliphatic rings. The van der Waals surface area contributed by atoms with E-state index in [-0.39, 0.29) is 5.97 Å². The van der Waals surface area contributed by atoms with Crippen LogP contribution in [-0.2, 0) is 9.53 Å². The van der Waals surface area contributed by atoms with Crippen LogP contribution in [0.1, 0.15) is 39.0 Å². The van der Waals surface area contributed by atoms with E-state index in [4.69, 9.17) is 21.1 Å². The molecule has 1 aliphatic carbocycles. The van der Waals surface area contributed by atoms with E-state index in [0.717, 1.165) is 59.4 Å². The summed E-state index contributed by atoms with van der Waals surface area (Å²) in [5.74, 6) is 0.680. The number of carbonyl (C=O) groups is 1. The second-order valence-corrected chi connectivity index (χ2v) is 9.76. The van der Waals surface area contributed by atoms with Gasteiger partial charge < -0.3 is 14.4 Å². The summed E-state index contributed by atoms with van der Waals surface area (Å²) in [6.45, 7) is 3.39. The number of carbonyl (C=O) groups excluding carboxylic acids is 1. The largest absolute Gasteiger partial charge is 0.492 e. The number of fused-ring (bicyclic) bond motifs is 1. The minimum atomic E-state index is -0.518. The van der Waals surface area contributed by atoms with Gasteiger partial charge in [-0.3, -0.25) is 9.10 Å². The van der Waals surface area contributed by atoms with Crippen LogP contribution in [-0.4, -0.2) is 32.9 Å². The lowest BCUT2D eigenvalue weighted by atomic mass is 9.74. The number of ether oxygens (including phenoxy) is 2. The van der Waals surface area contributed by atoms with Crippen molar-refractivity contribution < 1.29 is 14.3 Å². The van der Waals surface area contributed by atoms with Crippen molar-refractivity contribution in [2.24, 2.45) is 5.41 Å². The Hall–Kier alpha value is -2.05. The fourth-order valence-electron chi connectivity index (χ4n) is 4.26. The highest BCUT2D eigenvalue weighted by Gasteiger charge is 2.42. The van der Waals surface area contributed by atoms with Gasteiger partial charge in [0, 0.05) is 23.8 Å². The summed E-state index contributed by atoms with van der Waals surface area (Å²) < 4.78 is 13.8. The minimum Gasteiger partial charge on any atom is -0.492 e. The van der Waals surface area contributed by atoms with Crippen molar-refractivity contribution in [2.75, 3.05) is 36.1 Å². The molecule has 2 aromatic rings. The van der Waals surface area contributed by atoms with E-state index in [2.05, 4.69) is 28.4 Å². The van der Waals surface area contributed by atoms with Crippen LogP contribution in [0.4, 0.5) is 11.4 Å². The maximum absolute atomic E-state index is 12.7. The van der Waals surface area contributed by atoms with E-state index in [1.807, 2.05) is 37.3 Å². The Balaban J connectivity index is 1.47. The highest BCUT2D eigenvalue weighted by molar-refractivity contribution is 8.00. The van der Waals surface area contributed by atoms with Gasteiger partial charge in [0.1, 0.15) is 24.4 Å². The molecule has 7 heteroatoms. The zero-order chi connectivity index (χ0) is 21.8. The number of rotatable bonds is 6. The van der Waals surface area contributed by atoms with Crippen molar-refractivity contribution in [3.63, 3.8) is 0 Å². The second-order valence-electron chi connectivity index (χ2n) is 8.27. The first-order chi connectivity index (χ1) is 15.0. The van der Waals surface area contributed by atoms with Crippen molar-refractivity contribution >= 4 is 40.9 Å². The molecule has 166 valence electrons. The molecule has 5 nitrogen and oxygen atoms in total. The Morgan fingerprint density at radius 3 is 2.58 bits per heavy atom. The summed E-state index contributed by atoms with van der Waals surface area (Å²) in [6, 6.07) is 14.0. The zero-order valence-electron chi connectivity index (χ0n) is 18.1. The summed E-state index contributed by atoms with van der Waals surface area (Å²) >= 11 is 7.74. The van der Waals surface area contributed by atoms with Gasteiger partial charge in [0.15, 0.2) is 0 Å². The van der Waals surface area contributed by atoms with E-state index in [1.165, 1.54) is 6.42 Å². The number of hydrogen-bond acceptors (Lipinski definition) is 6. The predicted octanol–water partition coefficient (Wildman–Crippen LogP) is 6.15. The highest BCUT2D eigenvalue weighted by Crippen LogP contribution is 2.43. The van der Waals surface area contributed by atoms with E-state index in [0.29, 0.717) is 13.2 Å². The smallest absolute Gasteiger partial charge is 0.315 e. The van der Waals surface area contributed by atoms with Crippen molar-refractivity contribution in [3.05, 3.63) is 47.5 Å². The van der Waals surface area contributed by atoms with Gasteiger partial charge in [-0.15, -0.1) is 0 Å². The number of halogens is 1. The molecule has 0 N–H and O–H groups in total. The van der Waals surface area contributed by atoms with Crippen molar-refractivity contribution in [3.8, 4) is 5.75 Å². The molecule has 1 saturated carbocycles. The van der Waals surface area contributed by atoms with Gasteiger partial charge in [0.2, 0.25) is 0 Å². The number of nitrogens with zero attached hydrogens (tertiary/aromatic N) is 2. The zero-order valence-corrected chi connectivity index (χ0v) is 19.7. The first-order valence-corrected chi connectivity index (χ1v) is 12.0. The molecule has 2 aromatic carbocycles. The normalized spacial score (nSPS) is 17.8. The molecule has 0 aromatic heterocycles. The van der Waals surface area contributed by atoms with Gasteiger partial charge in [-0.1, -0.05) is 30.9 Å².